The van der Waals surface area contributed by atoms with Crippen molar-refractivity contribution in [2.24, 2.45) is 15.3 Å². The Morgan fingerprint density at radius 2 is 1.20 bits per heavy atom. The third-order valence-electron chi connectivity index (χ3n) is 9.71. The molecule has 3 aromatic rings. The molecule has 0 aliphatic carbocycles. The van der Waals surface area contributed by atoms with Gasteiger partial charge in [0, 0.05) is 45.8 Å². The highest BCUT2D eigenvalue weighted by Crippen LogP contribution is 2.58. The highest BCUT2D eigenvalue weighted by molar-refractivity contribution is 8.04. The van der Waals surface area contributed by atoms with E-state index in [1.807, 2.05) is 90.3 Å². The Bertz CT molecular complexity index is 2020. The second kappa shape index (κ2) is 23.6. The summed E-state index contributed by atoms with van der Waals surface area (Å²) >= 11 is 12.1. The number of nitrogens with zero attached hydrogens (tertiary/aromatic N) is 7. The number of aliphatic hydroxyl groups is 1. The van der Waals surface area contributed by atoms with E-state index in [1.165, 1.54) is 14.2 Å². The van der Waals surface area contributed by atoms with Crippen LogP contribution in [-0.4, -0.2) is 71.8 Å². The smallest absolute Gasteiger partial charge is 0.362 e. The van der Waals surface area contributed by atoms with E-state index in [0.29, 0.717) is 35.7 Å². The van der Waals surface area contributed by atoms with Crippen molar-refractivity contribution >= 4 is 57.3 Å². The Kier molecular flexibility index (Phi) is 20.0. The molecule has 1 N–H and O–H groups in total. The Labute approximate surface area is 367 Å². The zero-order valence-corrected chi connectivity index (χ0v) is 40.6. The van der Waals surface area contributed by atoms with Crippen LogP contribution >= 0.6 is 21.3 Å². The van der Waals surface area contributed by atoms with Crippen LogP contribution in [0.15, 0.2) is 88.1 Å². The number of hydrogen-bond acceptors (Lipinski definition) is 12. The number of aliphatic hydroxyl groups excluding tert-OH is 1. The van der Waals surface area contributed by atoms with E-state index < -0.39 is 43.5 Å². The summed E-state index contributed by atoms with van der Waals surface area (Å²) in [5.74, 6) is 0.416. The van der Waals surface area contributed by atoms with Gasteiger partial charge in [0.1, 0.15) is 17.2 Å². The number of benzene rings is 3. The van der Waals surface area contributed by atoms with Crippen molar-refractivity contribution in [1.29, 1.82) is 0 Å². The molecule has 0 aliphatic heterocycles. The van der Waals surface area contributed by atoms with E-state index in [4.69, 9.17) is 52.4 Å². The molecule has 0 aliphatic rings. The van der Waals surface area contributed by atoms with Crippen molar-refractivity contribution in [2.45, 2.75) is 109 Å². The molecule has 0 saturated carbocycles. The largest absolute Gasteiger partial charge is 0.481 e. The minimum absolute atomic E-state index is 0.375. The Morgan fingerprint density at radius 1 is 0.750 bits per heavy atom. The van der Waals surface area contributed by atoms with E-state index in [-0.39, 0.29) is 0 Å². The molecule has 6 atom stereocenters. The van der Waals surface area contributed by atoms with Gasteiger partial charge in [-0.1, -0.05) is 45.7 Å². The van der Waals surface area contributed by atoms with Gasteiger partial charge < -0.3 is 28.4 Å². The maximum atomic E-state index is 12.6. The molecule has 0 fully saturated rings. The molecule has 3 rings (SSSR count). The third kappa shape index (κ3) is 14.3. The molecule has 0 heterocycles. The zero-order chi connectivity index (χ0) is 44.6. The average molecular weight is 920 g/mol. The van der Waals surface area contributed by atoms with Crippen LogP contribution in [-0.2, 0) is 37.2 Å². The normalized spacial score (nSPS) is 15.8. The first-order valence-electron chi connectivity index (χ1n) is 19.8. The molecular weight excluding hydrogens is 860 g/mol. The SMILES string of the molecule is CCCCCC(C)(N=[N+]=[N-])Oc1ccc(/C=N/N(C)[P+](=S)C(C)(CCC)Oc2ccc(/C=N/N(C)[P+](=S)C(C)(CC)Oc3ccc(C(O)P(=O)(OC)OC)cc3)cc2)cc1. The van der Waals surface area contributed by atoms with Gasteiger partial charge in [0.2, 0.25) is 0 Å². The Morgan fingerprint density at radius 3 is 1.63 bits per heavy atom. The van der Waals surface area contributed by atoms with Gasteiger partial charge in [-0.3, -0.25) is 4.57 Å². The lowest BCUT2D eigenvalue weighted by Gasteiger charge is -2.25. The topological polar surface area (TPSA) is 163 Å². The fourth-order valence-electron chi connectivity index (χ4n) is 5.99. The molecule has 0 bridgehead atoms. The summed E-state index contributed by atoms with van der Waals surface area (Å²) in [5.41, 5.74) is 10.2. The zero-order valence-electron chi connectivity index (χ0n) is 36.3. The molecule has 3 aromatic carbocycles. The van der Waals surface area contributed by atoms with Crippen LogP contribution in [0.3, 0.4) is 0 Å². The van der Waals surface area contributed by atoms with Crippen molar-refractivity contribution in [3.8, 4) is 17.2 Å². The van der Waals surface area contributed by atoms with E-state index in [2.05, 4.69) is 34.1 Å². The van der Waals surface area contributed by atoms with Crippen LogP contribution < -0.4 is 14.2 Å². The molecular formula is C41H60N7O7P3S2+2. The van der Waals surface area contributed by atoms with E-state index >= 15 is 0 Å². The monoisotopic (exact) mass is 919 g/mol. The molecule has 6 unspecified atom stereocenters. The fourth-order valence-corrected chi connectivity index (χ4v) is 10.8. The lowest BCUT2D eigenvalue weighted by molar-refractivity contribution is 0.0835. The van der Waals surface area contributed by atoms with Gasteiger partial charge in [-0.15, -0.1) is 19.8 Å². The summed E-state index contributed by atoms with van der Waals surface area (Å²) in [5, 5.41) is 22.4. The standard InChI is InChI=1S/C41H60N7O7P3S2/c1-11-14-15-29-39(4,45-46-42)53-35-22-16-32(17-23-35)31-44-48(8)57(60)41(6,28-12-2)55-36-24-18-33(19-25-36)30-43-47(7)56(59)40(5,13-3)54-37-26-20-34(21-27-37)38(49)58(50,51-9)52-10/h16-27,30-31,38,49H,11-15,28-29H2,1-10H3/q+2/b43-30+,44-31+. The van der Waals surface area contributed by atoms with Gasteiger partial charge in [-0.05, 0) is 114 Å². The van der Waals surface area contributed by atoms with E-state index in [1.54, 1.807) is 46.3 Å². The van der Waals surface area contributed by atoms with Crippen LogP contribution in [0.1, 0.15) is 109 Å². The molecule has 0 saturated heterocycles. The maximum absolute atomic E-state index is 12.6. The first kappa shape index (κ1) is 50.8. The molecule has 326 valence electrons. The van der Waals surface area contributed by atoms with Crippen LogP contribution in [0.4, 0.5) is 0 Å². The number of hydrogen-bond donors (Lipinski definition) is 1. The molecule has 0 radical (unpaired) electrons. The minimum atomic E-state index is -3.71. The van der Waals surface area contributed by atoms with Crippen LogP contribution in [0.5, 0.6) is 17.2 Å². The van der Waals surface area contributed by atoms with Crippen molar-refractivity contribution in [3.05, 3.63) is 99.9 Å². The first-order chi connectivity index (χ1) is 28.4. The summed E-state index contributed by atoms with van der Waals surface area (Å²) in [4.78, 5) is 3.01. The van der Waals surface area contributed by atoms with Crippen molar-refractivity contribution in [1.82, 2.24) is 9.56 Å². The molecule has 0 spiro atoms. The minimum Gasteiger partial charge on any atom is -0.481 e. The van der Waals surface area contributed by atoms with E-state index in [0.717, 1.165) is 43.2 Å². The molecule has 19 heteroatoms. The molecule has 0 amide bonds. The Balaban J connectivity index is 1.64. The van der Waals surface area contributed by atoms with Crippen LogP contribution in [0.25, 0.3) is 10.4 Å². The van der Waals surface area contributed by atoms with Crippen LogP contribution in [0.2, 0.25) is 0 Å². The van der Waals surface area contributed by atoms with Crippen molar-refractivity contribution < 1.29 is 32.9 Å². The third-order valence-corrected chi connectivity index (χ3v) is 19.0. The summed E-state index contributed by atoms with van der Waals surface area (Å²) < 4.78 is 45.1. The molecule has 60 heavy (non-hydrogen) atoms. The number of hydrazone groups is 2. The summed E-state index contributed by atoms with van der Waals surface area (Å²) in [6.45, 7) is 9.42. The van der Waals surface area contributed by atoms with Gasteiger partial charge in [0.25, 0.3) is 10.7 Å². The predicted molar refractivity (Wildman–Crippen MR) is 251 cm³/mol. The number of ether oxygens (including phenoxy) is 3. The summed E-state index contributed by atoms with van der Waals surface area (Å²) in [6.07, 6.45) is 9.39. The summed E-state index contributed by atoms with van der Waals surface area (Å²) in [7, 11) is 2.46. The second-order valence-corrected chi connectivity index (χ2v) is 23.1. The summed E-state index contributed by atoms with van der Waals surface area (Å²) in [6, 6.07) is 21.8. The highest BCUT2D eigenvalue weighted by Gasteiger charge is 2.46. The number of unbranched alkanes of at least 4 members (excludes halogenated alkanes) is 2. The number of rotatable bonds is 26. The highest BCUT2D eigenvalue weighted by atomic mass is 32.4. The van der Waals surface area contributed by atoms with Crippen LogP contribution in [0, 0.1) is 0 Å². The van der Waals surface area contributed by atoms with Gasteiger partial charge >= 0.3 is 21.3 Å². The van der Waals surface area contributed by atoms with Gasteiger partial charge in [0.15, 0.2) is 35.2 Å². The van der Waals surface area contributed by atoms with Gasteiger partial charge in [0.05, 0.1) is 26.5 Å². The van der Waals surface area contributed by atoms with Crippen molar-refractivity contribution in [2.75, 3.05) is 28.3 Å². The number of azide groups is 1. The second-order valence-electron chi connectivity index (χ2n) is 14.6. The quantitative estimate of drug-likeness (QED) is 0.0155. The first-order valence-corrected chi connectivity index (χ1v) is 26.0. The molecule has 14 nitrogen and oxygen atoms in total. The maximum Gasteiger partial charge on any atom is 0.362 e. The van der Waals surface area contributed by atoms with Gasteiger partial charge in [-0.25, -0.2) is 0 Å². The lowest BCUT2D eigenvalue weighted by atomic mass is 10.1. The molecule has 0 aromatic heterocycles. The van der Waals surface area contributed by atoms with Crippen molar-refractivity contribution in [3.63, 3.8) is 0 Å². The van der Waals surface area contributed by atoms with Gasteiger partial charge in [-0.2, -0.15) is 0 Å². The fraction of sp³-hybridized carbons (Fsp3) is 0.512. The Hall–Kier alpha value is -3.54. The average Bonchev–Trinajstić information content (AvgIpc) is 3.25. The lowest BCUT2D eigenvalue weighted by Crippen LogP contribution is -2.31. The predicted octanol–water partition coefficient (Wildman–Crippen LogP) is 12.2. The van der Waals surface area contributed by atoms with E-state index in [9.17, 15) is 9.67 Å².